The van der Waals surface area contributed by atoms with Crippen molar-refractivity contribution >= 4 is 0 Å². The topological polar surface area (TPSA) is 60.7 Å². The Hall–Kier alpha value is -3.72. The van der Waals surface area contributed by atoms with Gasteiger partial charge in [0.05, 0.1) is 5.76 Å². The van der Waals surface area contributed by atoms with E-state index in [4.69, 9.17) is 5.11 Å². The number of aliphatic hydroxyl groups excluding tert-OH is 1. The third-order valence-corrected chi connectivity index (χ3v) is 7.66. The van der Waals surface area contributed by atoms with Crippen LogP contribution >= 0.6 is 0 Å². The second kappa shape index (κ2) is 17.2. The van der Waals surface area contributed by atoms with Crippen molar-refractivity contribution in [2.45, 2.75) is 84.0 Å². The Morgan fingerprint density at radius 2 is 1.54 bits per heavy atom. The summed E-state index contributed by atoms with van der Waals surface area (Å²) in [5.74, 6) is 1.94. The van der Waals surface area contributed by atoms with Crippen LogP contribution in [0.5, 0.6) is 11.5 Å². The van der Waals surface area contributed by atoms with Crippen LogP contribution in [0.3, 0.4) is 0 Å². The summed E-state index contributed by atoms with van der Waals surface area (Å²) in [7, 11) is 0. The van der Waals surface area contributed by atoms with Crippen LogP contribution in [0.25, 0.3) is 0 Å². The van der Waals surface area contributed by atoms with Crippen molar-refractivity contribution in [3.05, 3.63) is 131 Å². The first-order valence-corrected chi connectivity index (χ1v) is 15.2. The van der Waals surface area contributed by atoms with Crippen molar-refractivity contribution in [1.29, 1.82) is 0 Å². The Bertz CT molecular complexity index is 1270. The first-order valence-electron chi connectivity index (χ1n) is 15.2. The highest BCUT2D eigenvalue weighted by atomic mass is 16.3. The number of aliphatic hydroxyl groups is 1. The smallest absolute Gasteiger partial charge is 0.118 e. The number of hydrogen-bond acceptors (Lipinski definition) is 3. The van der Waals surface area contributed by atoms with Crippen molar-refractivity contribution in [2.75, 3.05) is 0 Å². The SMILES string of the molecule is C=C(O)CCCCCc1ccc(O)cc1CCc1ccc(CC2CC2)cc1.C=C/C=C/CCc1ccc(O)c(C)c1. The average molecular weight is 553 g/mol. The molecule has 41 heavy (non-hydrogen) atoms. The monoisotopic (exact) mass is 552 g/mol. The van der Waals surface area contributed by atoms with E-state index in [1.807, 2.05) is 31.2 Å². The standard InChI is InChI=1S/C25H32O2.C13H16O/c1-19(26)5-3-2-4-6-23-15-16-25(27)18-24(23)14-13-20-7-9-21(10-8-20)17-22-11-12-22;1-3-4-5-6-7-12-8-9-13(14)11(2)10-12/h7-10,15-16,18,22,26-27H,1-6,11-14,17H2;3-5,8-10,14H,1,6-7H2,2H3/b;5-4+. The third kappa shape index (κ3) is 12.6. The van der Waals surface area contributed by atoms with Crippen LogP contribution < -0.4 is 0 Å². The molecular weight excluding hydrogens is 504 g/mol. The lowest BCUT2D eigenvalue weighted by molar-refractivity contribution is 0.384. The summed E-state index contributed by atoms with van der Waals surface area (Å²) in [6.45, 7) is 9.06. The zero-order valence-corrected chi connectivity index (χ0v) is 24.8. The average Bonchev–Trinajstić information content (AvgIpc) is 3.77. The van der Waals surface area contributed by atoms with Crippen LogP contribution in [0.2, 0.25) is 0 Å². The molecule has 0 amide bonds. The van der Waals surface area contributed by atoms with E-state index in [2.05, 4.69) is 49.6 Å². The van der Waals surface area contributed by atoms with Crippen molar-refractivity contribution in [2.24, 2.45) is 5.92 Å². The lowest BCUT2D eigenvalue weighted by atomic mass is 9.95. The maximum atomic E-state index is 9.89. The fourth-order valence-corrected chi connectivity index (χ4v) is 5.00. The first kappa shape index (κ1) is 31.8. The quantitative estimate of drug-likeness (QED) is 0.0999. The van der Waals surface area contributed by atoms with E-state index in [-0.39, 0.29) is 5.76 Å². The maximum absolute atomic E-state index is 9.89. The van der Waals surface area contributed by atoms with Crippen LogP contribution in [0.4, 0.5) is 0 Å². The molecule has 1 aliphatic carbocycles. The molecule has 0 atom stereocenters. The minimum atomic E-state index is 0.281. The fraction of sp³-hybridized carbons (Fsp3) is 0.368. The predicted molar refractivity (Wildman–Crippen MR) is 173 cm³/mol. The molecule has 1 aliphatic rings. The van der Waals surface area contributed by atoms with Crippen molar-refractivity contribution in [1.82, 2.24) is 0 Å². The van der Waals surface area contributed by atoms with E-state index in [1.54, 1.807) is 18.2 Å². The number of phenolic OH excluding ortho intramolecular Hbond substituents is 2. The molecule has 3 heteroatoms. The molecular formula is C38H48O3. The number of benzene rings is 3. The maximum Gasteiger partial charge on any atom is 0.118 e. The van der Waals surface area contributed by atoms with Gasteiger partial charge in [-0.15, -0.1) is 0 Å². The molecule has 0 bridgehead atoms. The highest BCUT2D eigenvalue weighted by Gasteiger charge is 2.21. The molecule has 0 heterocycles. The second-order valence-electron chi connectivity index (χ2n) is 11.4. The molecule has 0 aliphatic heterocycles. The molecule has 1 fully saturated rings. The Kier molecular flexibility index (Phi) is 13.3. The van der Waals surface area contributed by atoms with E-state index in [0.29, 0.717) is 17.9 Å². The molecule has 1 saturated carbocycles. The summed E-state index contributed by atoms with van der Waals surface area (Å²) in [4.78, 5) is 0. The molecule has 4 rings (SSSR count). The Morgan fingerprint density at radius 3 is 2.22 bits per heavy atom. The van der Waals surface area contributed by atoms with E-state index >= 15 is 0 Å². The van der Waals surface area contributed by atoms with Crippen LogP contribution in [-0.2, 0) is 32.1 Å². The third-order valence-electron chi connectivity index (χ3n) is 7.66. The molecule has 0 aromatic heterocycles. The number of allylic oxidation sites excluding steroid dienone is 4. The number of aromatic hydroxyl groups is 2. The van der Waals surface area contributed by atoms with E-state index in [9.17, 15) is 10.2 Å². The summed E-state index contributed by atoms with van der Waals surface area (Å²) in [5.41, 5.74) is 7.61. The fourth-order valence-electron chi connectivity index (χ4n) is 5.00. The molecule has 3 nitrogen and oxygen atoms in total. The molecule has 3 N–H and O–H groups in total. The molecule has 3 aromatic rings. The molecule has 0 unspecified atom stereocenters. The molecule has 0 spiro atoms. The van der Waals surface area contributed by atoms with Gasteiger partial charge in [0.1, 0.15) is 11.5 Å². The molecule has 3 aromatic carbocycles. The zero-order chi connectivity index (χ0) is 29.5. The summed E-state index contributed by atoms with van der Waals surface area (Å²) in [5, 5.41) is 28.4. The van der Waals surface area contributed by atoms with E-state index in [0.717, 1.165) is 62.8 Å². The lowest BCUT2D eigenvalue weighted by Gasteiger charge is -2.11. The predicted octanol–water partition coefficient (Wildman–Crippen LogP) is 9.68. The minimum absolute atomic E-state index is 0.281. The Balaban J connectivity index is 0.000000278. The van der Waals surface area contributed by atoms with Gasteiger partial charge >= 0.3 is 0 Å². The molecule has 0 radical (unpaired) electrons. The van der Waals surface area contributed by atoms with Gasteiger partial charge in [0.25, 0.3) is 0 Å². The van der Waals surface area contributed by atoms with Crippen molar-refractivity contribution in [3.8, 4) is 11.5 Å². The van der Waals surface area contributed by atoms with Crippen LogP contribution in [0, 0.1) is 12.8 Å². The van der Waals surface area contributed by atoms with Crippen molar-refractivity contribution < 1.29 is 15.3 Å². The molecule has 0 saturated heterocycles. The van der Waals surface area contributed by atoms with Crippen LogP contribution in [-0.4, -0.2) is 15.3 Å². The van der Waals surface area contributed by atoms with Gasteiger partial charge in [0, 0.05) is 6.42 Å². The highest BCUT2D eigenvalue weighted by Crippen LogP contribution is 2.32. The lowest BCUT2D eigenvalue weighted by Crippen LogP contribution is -1.98. The van der Waals surface area contributed by atoms with Crippen LogP contribution in [0.15, 0.2) is 97.8 Å². The van der Waals surface area contributed by atoms with E-state index < -0.39 is 0 Å². The Labute approximate surface area is 247 Å². The normalized spacial score (nSPS) is 12.6. The first-order chi connectivity index (χ1) is 19.8. The number of unbranched alkanes of at least 4 members (excludes halogenated alkanes) is 2. The minimum Gasteiger partial charge on any atom is -0.513 e. The van der Waals surface area contributed by atoms with Crippen LogP contribution in [0.1, 0.15) is 78.3 Å². The second-order valence-corrected chi connectivity index (χ2v) is 11.4. The number of rotatable bonds is 15. The number of hydrogen-bond donors (Lipinski definition) is 3. The van der Waals surface area contributed by atoms with Gasteiger partial charge in [-0.1, -0.05) is 80.3 Å². The van der Waals surface area contributed by atoms with Gasteiger partial charge in [0.2, 0.25) is 0 Å². The summed E-state index contributed by atoms with van der Waals surface area (Å²) in [6.07, 6.45) is 18.7. The van der Waals surface area contributed by atoms with Gasteiger partial charge in [0.15, 0.2) is 0 Å². The van der Waals surface area contributed by atoms with Gasteiger partial charge in [-0.2, -0.15) is 0 Å². The van der Waals surface area contributed by atoms with Gasteiger partial charge in [-0.05, 0) is 129 Å². The number of aryl methyl sites for hydroxylation is 5. The number of phenols is 2. The molecule has 218 valence electrons. The summed E-state index contributed by atoms with van der Waals surface area (Å²) >= 11 is 0. The van der Waals surface area contributed by atoms with Gasteiger partial charge in [-0.3, -0.25) is 0 Å². The summed E-state index contributed by atoms with van der Waals surface area (Å²) < 4.78 is 0. The Morgan fingerprint density at radius 1 is 0.805 bits per heavy atom. The van der Waals surface area contributed by atoms with Gasteiger partial charge in [-0.25, -0.2) is 0 Å². The highest BCUT2D eigenvalue weighted by molar-refractivity contribution is 5.36. The summed E-state index contributed by atoms with van der Waals surface area (Å²) in [6, 6.07) is 20.6. The largest absolute Gasteiger partial charge is 0.513 e. The van der Waals surface area contributed by atoms with Gasteiger partial charge < -0.3 is 15.3 Å². The van der Waals surface area contributed by atoms with E-state index in [1.165, 1.54) is 47.1 Å². The van der Waals surface area contributed by atoms with Crippen molar-refractivity contribution in [3.63, 3.8) is 0 Å². The zero-order valence-electron chi connectivity index (χ0n) is 24.8.